The quantitative estimate of drug-likeness (QED) is 0.565. The van der Waals surface area contributed by atoms with Crippen LogP contribution in [0.1, 0.15) is 13.3 Å². The van der Waals surface area contributed by atoms with Crippen molar-refractivity contribution in [2.45, 2.75) is 24.3 Å². The predicted molar refractivity (Wildman–Crippen MR) is 97.4 cm³/mol. The molecule has 7 heteroatoms. The molecule has 1 N–H and O–H groups in total. The van der Waals surface area contributed by atoms with Gasteiger partial charge in [0.1, 0.15) is 5.82 Å². The molecule has 0 aromatic heterocycles. The van der Waals surface area contributed by atoms with E-state index in [4.69, 9.17) is 16.3 Å². The predicted octanol–water partition coefficient (Wildman–Crippen LogP) is 4.53. The number of para-hydroxylation sites is 1. The Morgan fingerprint density at radius 2 is 1.88 bits per heavy atom. The van der Waals surface area contributed by atoms with E-state index in [0.29, 0.717) is 16.5 Å². The Bertz CT molecular complexity index is 739. The van der Waals surface area contributed by atoms with Gasteiger partial charge in [0.25, 0.3) is 5.91 Å². The second-order valence-corrected chi connectivity index (χ2v) is 6.73. The lowest BCUT2D eigenvalue weighted by Crippen LogP contribution is -2.30. The van der Waals surface area contributed by atoms with Gasteiger partial charge in [-0.05, 0) is 43.3 Å². The molecular weight excluding hydrogens is 365 g/mol. The average molecular weight is 382 g/mol. The maximum Gasteiger partial charge on any atom is 0.307 e. The summed E-state index contributed by atoms with van der Waals surface area (Å²) in [6.07, 6.45) is -0.786. The van der Waals surface area contributed by atoms with Crippen molar-refractivity contribution in [3.05, 3.63) is 59.4 Å². The molecule has 2 aromatic carbocycles. The Morgan fingerprint density at radius 1 is 1.20 bits per heavy atom. The first-order valence-corrected chi connectivity index (χ1v) is 8.95. The number of benzene rings is 2. The molecule has 0 aliphatic carbocycles. The highest BCUT2D eigenvalue weighted by Crippen LogP contribution is 2.21. The van der Waals surface area contributed by atoms with E-state index < -0.39 is 18.0 Å². The van der Waals surface area contributed by atoms with E-state index in [2.05, 4.69) is 5.32 Å². The summed E-state index contributed by atoms with van der Waals surface area (Å²) in [5, 5.41) is 3.02. The number of halogens is 2. The Labute approximate surface area is 154 Å². The summed E-state index contributed by atoms with van der Waals surface area (Å²) in [5.74, 6) is -0.755. The van der Waals surface area contributed by atoms with Gasteiger partial charge < -0.3 is 10.1 Å². The normalized spacial score (nSPS) is 11.6. The summed E-state index contributed by atoms with van der Waals surface area (Å²) in [5.41, 5.74) is 0.462. The largest absolute Gasteiger partial charge is 0.453 e. The zero-order chi connectivity index (χ0) is 18.2. The van der Waals surface area contributed by atoms with Gasteiger partial charge in [0.15, 0.2) is 6.10 Å². The second kappa shape index (κ2) is 9.44. The van der Waals surface area contributed by atoms with Crippen LogP contribution < -0.4 is 5.32 Å². The van der Waals surface area contributed by atoms with Crippen molar-refractivity contribution in [3.8, 4) is 0 Å². The Hall–Kier alpha value is -2.05. The molecule has 4 nitrogen and oxygen atoms in total. The Morgan fingerprint density at radius 3 is 2.56 bits per heavy atom. The van der Waals surface area contributed by atoms with Crippen molar-refractivity contribution in [2.24, 2.45) is 0 Å². The SMILES string of the molecule is CC(OC(=O)CCSc1ccc(F)cc1)C(=O)Nc1ccccc1Cl. The van der Waals surface area contributed by atoms with E-state index in [1.807, 2.05) is 0 Å². The molecule has 0 radical (unpaired) electrons. The third kappa shape index (κ3) is 6.40. The van der Waals surface area contributed by atoms with Crippen molar-refractivity contribution >= 4 is 40.9 Å². The van der Waals surface area contributed by atoms with E-state index in [9.17, 15) is 14.0 Å². The van der Waals surface area contributed by atoms with E-state index in [1.165, 1.54) is 30.8 Å². The lowest BCUT2D eigenvalue weighted by Gasteiger charge is -2.14. The van der Waals surface area contributed by atoms with Crippen LogP contribution in [0, 0.1) is 5.82 Å². The smallest absolute Gasteiger partial charge is 0.307 e. The van der Waals surface area contributed by atoms with E-state index in [1.54, 1.807) is 36.4 Å². The lowest BCUT2D eigenvalue weighted by atomic mass is 10.3. The number of nitrogens with one attached hydrogen (secondary N) is 1. The number of anilines is 1. The molecule has 0 saturated carbocycles. The van der Waals surface area contributed by atoms with Gasteiger partial charge in [0.05, 0.1) is 17.1 Å². The number of carbonyl (C=O) groups excluding carboxylic acids is 2. The van der Waals surface area contributed by atoms with Crippen molar-refractivity contribution in [1.82, 2.24) is 0 Å². The molecule has 1 unspecified atom stereocenters. The van der Waals surface area contributed by atoms with Crippen molar-refractivity contribution in [2.75, 3.05) is 11.1 Å². The zero-order valence-electron chi connectivity index (χ0n) is 13.5. The van der Waals surface area contributed by atoms with Crippen LogP contribution in [0.15, 0.2) is 53.4 Å². The summed E-state index contributed by atoms with van der Waals surface area (Å²) in [4.78, 5) is 24.7. The first-order chi connectivity index (χ1) is 12.0. The summed E-state index contributed by atoms with van der Waals surface area (Å²) in [6.45, 7) is 1.50. The molecule has 1 atom stereocenters. The molecule has 2 rings (SSSR count). The summed E-state index contributed by atoms with van der Waals surface area (Å²) in [6, 6.07) is 12.8. The molecule has 0 heterocycles. The number of thioether (sulfide) groups is 1. The fourth-order valence-electron chi connectivity index (χ4n) is 1.89. The van der Waals surface area contributed by atoms with Crippen LogP contribution in [0.3, 0.4) is 0 Å². The fourth-order valence-corrected chi connectivity index (χ4v) is 2.91. The van der Waals surface area contributed by atoms with Crippen molar-refractivity contribution in [1.29, 1.82) is 0 Å². The highest BCUT2D eigenvalue weighted by atomic mass is 35.5. The van der Waals surface area contributed by atoms with E-state index in [0.717, 1.165) is 4.90 Å². The topological polar surface area (TPSA) is 55.4 Å². The lowest BCUT2D eigenvalue weighted by molar-refractivity contribution is -0.152. The summed E-state index contributed by atoms with van der Waals surface area (Å²) in [7, 11) is 0. The summed E-state index contributed by atoms with van der Waals surface area (Å²) >= 11 is 7.38. The number of rotatable bonds is 7. The number of amides is 1. The van der Waals surface area contributed by atoms with Gasteiger partial charge in [-0.1, -0.05) is 23.7 Å². The maximum atomic E-state index is 12.8. The third-order valence-electron chi connectivity index (χ3n) is 3.20. The second-order valence-electron chi connectivity index (χ2n) is 5.15. The molecule has 0 fully saturated rings. The Kier molecular flexibility index (Phi) is 7.28. The Balaban J connectivity index is 1.74. The van der Waals surface area contributed by atoms with Crippen molar-refractivity contribution in [3.63, 3.8) is 0 Å². The molecule has 0 bridgehead atoms. The van der Waals surface area contributed by atoms with E-state index >= 15 is 0 Å². The molecular formula is C18H17ClFNO3S. The van der Waals surface area contributed by atoms with Crippen LogP contribution in [-0.2, 0) is 14.3 Å². The van der Waals surface area contributed by atoms with Gasteiger partial charge in [0, 0.05) is 10.6 Å². The number of carbonyl (C=O) groups is 2. The monoisotopic (exact) mass is 381 g/mol. The van der Waals surface area contributed by atoms with Gasteiger partial charge in [-0.2, -0.15) is 0 Å². The molecule has 0 spiro atoms. The molecule has 132 valence electrons. The number of esters is 1. The molecule has 2 aromatic rings. The maximum absolute atomic E-state index is 12.8. The highest BCUT2D eigenvalue weighted by molar-refractivity contribution is 7.99. The zero-order valence-corrected chi connectivity index (χ0v) is 15.1. The van der Waals surface area contributed by atoms with Gasteiger partial charge in [-0.25, -0.2) is 4.39 Å². The molecule has 0 saturated heterocycles. The van der Waals surface area contributed by atoms with Crippen LogP contribution in [-0.4, -0.2) is 23.7 Å². The number of hydrogen-bond donors (Lipinski definition) is 1. The van der Waals surface area contributed by atoms with Crippen LogP contribution in [0.2, 0.25) is 5.02 Å². The molecule has 1 amide bonds. The van der Waals surface area contributed by atoms with Gasteiger partial charge in [-0.15, -0.1) is 11.8 Å². The number of ether oxygens (including phenoxy) is 1. The molecule has 0 aliphatic heterocycles. The molecule has 25 heavy (non-hydrogen) atoms. The van der Waals surface area contributed by atoms with Crippen molar-refractivity contribution < 1.29 is 18.7 Å². The molecule has 0 aliphatic rings. The third-order valence-corrected chi connectivity index (χ3v) is 4.54. The summed E-state index contributed by atoms with van der Waals surface area (Å²) < 4.78 is 17.9. The average Bonchev–Trinajstić information content (AvgIpc) is 2.58. The van der Waals surface area contributed by atoms with Gasteiger partial charge in [0.2, 0.25) is 0 Å². The standard InChI is InChI=1S/C18H17ClFNO3S/c1-12(18(23)21-16-5-3-2-4-15(16)19)24-17(22)10-11-25-14-8-6-13(20)7-9-14/h2-9,12H,10-11H2,1H3,(H,21,23). The minimum absolute atomic E-state index is 0.145. The van der Waals surface area contributed by atoms with Crippen LogP contribution in [0.4, 0.5) is 10.1 Å². The van der Waals surface area contributed by atoms with E-state index in [-0.39, 0.29) is 12.2 Å². The minimum Gasteiger partial charge on any atom is -0.453 e. The highest BCUT2D eigenvalue weighted by Gasteiger charge is 2.18. The first kappa shape index (κ1) is 19.3. The van der Waals surface area contributed by atoms with Crippen LogP contribution in [0.25, 0.3) is 0 Å². The fraction of sp³-hybridized carbons (Fsp3) is 0.222. The minimum atomic E-state index is -0.931. The van der Waals surface area contributed by atoms with Gasteiger partial charge in [-0.3, -0.25) is 9.59 Å². The first-order valence-electron chi connectivity index (χ1n) is 7.59. The van der Waals surface area contributed by atoms with Gasteiger partial charge >= 0.3 is 5.97 Å². The number of hydrogen-bond acceptors (Lipinski definition) is 4. The van der Waals surface area contributed by atoms with Crippen LogP contribution >= 0.6 is 23.4 Å². The van der Waals surface area contributed by atoms with Crippen LogP contribution in [0.5, 0.6) is 0 Å².